The van der Waals surface area contributed by atoms with E-state index in [9.17, 15) is 4.79 Å². The highest BCUT2D eigenvalue weighted by molar-refractivity contribution is 7.12. The van der Waals surface area contributed by atoms with E-state index in [0.717, 1.165) is 37.4 Å². The van der Waals surface area contributed by atoms with Gasteiger partial charge in [-0.25, -0.2) is 0 Å². The largest absolute Gasteiger partial charge is 0.481 e. The maximum Gasteiger partial charge on any atom is 0.308 e. The Hall–Kier alpha value is -0.910. The van der Waals surface area contributed by atoms with Crippen molar-refractivity contribution >= 4 is 17.3 Å². The molecule has 2 N–H and O–H groups in total. The van der Waals surface area contributed by atoms with E-state index in [4.69, 9.17) is 9.84 Å². The molecular weight excluding hydrogens is 250 g/mol. The van der Waals surface area contributed by atoms with Crippen molar-refractivity contribution in [2.75, 3.05) is 13.2 Å². The van der Waals surface area contributed by atoms with Crippen molar-refractivity contribution in [1.29, 1.82) is 0 Å². The van der Waals surface area contributed by atoms with Crippen LogP contribution in [0.1, 0.15) is 29.5 Å². The van der Waals surface area contributed by atoms with Crippen LogP contribution in [0.4, 0.5) is 0 Å². The Morgan fingerprint density at radius 2 is 2.33 bits per heavy atom. The van der Waals surface area contributed by atoms with E-state index in [0.29, 0.717) is 0 Å². The minimum absolute atomic E-state index is 0.0266. The van der Waals surface area contributed by atoms with E-state index in [1.54, 1.807) is 11.3 Å². The average Bonchev–Trinajstić information content (AvgIpc) is 2.88. The van der Waals surface area contributed by atoms with Crippen molar-refractivity contribution in [3.63, 3.8) is 0 Å². The summed E-state index contributed by atoms with van der Waals surface area (Å²) in [6.45, 7) is 4.62. The standard InChI is InChI=1S/C13H19NO3S/c1-13(5-2-6-17-13)9-14-8-11-4-3-10(18-11)7-12(15)16/h3-4,14H,2,5-9H2,1H3,(H,15,16). The SMILES string of the molecule is CC1(CNCc2ccc(CC(=O)O)s2)CCCO1. The van der Waals surface area contributed by atoms with Crippen LogP contribution in [0.3, 0.4) is 0 Å². The first-order chi connectivity index (χ1) is 8.57. The van der Waals surface area contributed by atoms with Crippen molar-refractivity contribution in [2.24, 2.45) is 0 Å². The summed E-state index contributed by atoms with van der Waals surface area (Å²) < 4.78 is 5.70. The van der Waals surface area contributed by atoms with E-state index in [1.165, 1.54) is 4.88 Å². The molecule has 18 heavy (non-hydrogen) atoms. The number of rotatable bonds is 6. The van der Waals surface area contributed by atoms with Gasteiger partial charge in [0.2, 0.25) is 0 Å². The smallest absolute Gasteiger partial charge is 0.308 e. The number of carboxylic acids is 1. The Kier molecular flexibility index (Phi) is 4.37. The summed E-state index contributed by atoms with van der Waals surface area (Å²) in [6.07, 6.45) is 2.36. The van der Waals surface area contributed by atoms with Gasteiger partial charge < -0.3 is 15.2 Å². The Bertz CT molecular complexity index is 410. The maximum absolute atomic E-state index is 10.6. The van der Waals surface area contributed by atoms with E-state index in [1.807, 2.05) is 12.1 Å². The molecule has 1 aromatic heterocycles. The predicted octanol–water partition coefficient (Wildman–Crippen LogP) is 2.03. The van der Waals surface area contributed by atoms with E-state index in [-0.39, 0.29) is 12.0 Å². The van der Waals surface area contributed by atoms with Crippen LogP contribution in [0.2, 0.25) is 0 Å². The summed E-state index contributed by atoms with van der Waals surface area (Å²) in [6, 6.07) is 3.89. The van der Waals surface area contributed by atoms with Gasteiger partial charge in [0.05, 0.1) is 12.0 Å². The van der Waals surface area contributed by atoms with Crippen molar-refractivity contribution in [2.45, 2.75) is 38.3 Å². The summed E-state index contributed by atoms with van der Waals surface area (Å²) in [5, 5.41) is 12.1. The Morgan fingerprint density at radius 3 is 3.00 bits per heavy atom. The van der Waals surface area contributed by atoms with Crippen molar-refractivity contribution in [3.8, 4) is 0 Å². The first-order valence-corrected chi connectivity index (χ1v) is 7.03. The molecule has 1 atom stereocenters. The minimum atomic E-state index is -0.775. The van der Waals surface area contributed by atoms with Gasteiger partial charge in [0.25, 0.3) is 0 Å². The quantitative estimate of drug-likeness (QED) is 0.829. The van der Waals surface area contributed by atoms with Gasteiger partial charge in [-0.15, -0.1) is 11.3 Å². The Morgan fingerprint density at radius 1 is 1.56 bits per heavy atom. The van der Waals surface area contributed by atoms with Crippen LogP contribution in [0.5, 0.6) is 0 Å². The monoisotopic (exact) mass is 269 g/mol. The molecule has 1 unspecified atom stereocenters. The molecule has 0 aromatic carbocycles. The van der Waals surface area contributed by atoms with Gasteiger partial charge in [-0.2, -0.15) is 0 Å². The first kappa shape index (κ1) is 13.5. The molecule has 2 rings (SSSR count). The van der Waals surface area contributed by atoms with Crippen molar-refractivity contribution in [1.82, 2.24) is 5.32 Å². The fourth-order valence-corrected chi connectivity index (χ4v) is 3.17. The molecule has 0 saturated carbocycles. The predicted molar refractivity (Wildman–Crippen MR) is 71.0 cm³/mol. The van der Waals surface area contributed by atoms with Crippen LogP contribution in [0.15, 0.2) is 12.1 Å². The summed E-state index contributed by atoms with van der Waals surface area (Å²) in [5.74, 6) is -0.775. The molecule has 100 valence electrons. The van der Waals surface area contributed by atoms with E-state index < -0.39 is 5.97 Å². The number of carboxylic acid groups (broad SMARTS) is 1. The van der Waals surface area contributed by atoms with Crippen LogP contribution >= 0.6 is 11.3 Å². The normalized spacial score (nSPS) is 23.4. The highest BCUT2D eigenvalue weighted by atomic mass is 32.1. The fraction of sp³-hybridized carbons (Fsp3) is 0.615. The number of thiophene rings is 1. The molecule has 0 aliphatic carbocycles. The maximum atomic E-state index is 10.6. The zero-order valence-corrected chi connectivity index (χ0v) is 11.4. The van der Waals surface area contributed by atoms with E-state index >= 15 is 0 Å². The van der Waals surface area contributed by atoms with Gasteiger partial charge in [-0.1, -0.05) is 0 Å². The molecule has 0 bridgehead atoms. The number of carbonyl (C=O) groups is 1. The topological polar surface area (TPSA) is 58.6 Å². The zero-order chi connectivity index (χ0) is 13.0. The molecule has 1 fully saturated rings. The molecule has 1 aliphatic rings. The Balaban J connectivity index is 1.76. The second-order valence-corrected chi connectivity index (χ2v) is 6.20. The molecule has 0 radical (unpaired) electrons. The number of aliphatic carboxylic acids is 1. The molecule has 0 amide bonds. The Labute approximate surface area is 111 Å². The number of hydrogen-bond acceptors (Lipinski definition) is 4. The van der Waals surface area contributed by atoms with Crippen LogP contribution in [0, 0.1) is 0 Å². The third-order valence-electron chi connectivity index (χ3n) is 3.14. The van der Waals surface area contributed by atoms with Gasteiger partial charge in [-0.3, -0.25) is 4.79 Å². The number of hydrogen-bond donors (Lipinski definition) is 2. The lowest BCUT2D eigenvalue weighted by molar-refractivity contribution is -0.136. The second kappa shape index (κ2) is 5.82. The fourth-order valence-electron chi connectivity index (χ4n) is 2.19. The van der Waals surface area contributed by atoms with E-state index in [2.05, 4.69) is 12.2 Å². The van der Waals surface area contributed by atoms with Gasteiger partial charge in [0, 0.05) is 29.5 Å². The van der Waals surface area contributed by atoms with Gasteiger partial charge in [-0.05, 0) is 31.9 Å². The molecule has 4 nitrogen and oxygen atoms in total. The lowest BCUT2D eigenvalue weighted by Gasteiger charge is -2.23. The molecule has 1 aromatic rings. The van der Waals surface area contributed by atoms with Crippen LogP contribution in [-0.2, 0) is 22.5 Å². The van der Waals surface area contributed by atoms with Gasteiger partial charge >= 0.3 is 5.97 Å². The van der Waals surface area contributed by atoms with Crippen molar-refractivity contribution < 1.29 is 14.6 Å². The number of nitrogens with one attached hydrogen (secondary N) is 1. The summed E-state index contributed by atoms with van der Waals surface area (Å²) in [7, 11) is 0. The summed E-state index contributed by atoms with van der Waals surface area (Å²) >= 11 is 1.56. The molecule has 2 heterocycles. The van der Waals surface area contributed by atoms with Crippen LogP contribution in [-0.4, -0.2) is 29.8 Å². The van der Waals surface area contributed by atoms with Gasteiger partial charge in [0.1, 0.15) is 0 Å². The highest BCUT2D eigenvalue weighted by Crippen LogP contribution is 2.24. The van der Waals surface area contributed by atoms with Crippen molar-refractivity contribution in [3.05, 3.63) is 21.9 Å². The third kappa shape index (κ3) is 3.80. The molecule has 1 saturated heterocycles. The lowest BCUT2D eigenvalue weighted by Crippen LogP contribution is -2.36. The van der Waals surface area contributed by atoms with Gasteiger partial charge in [0.15, 0.2) is 0 Å². The van der Waals surface area contributed by atoms with Crippen LogP contribution in [0.25, 0.3) is 0 Å². The molecular formula is C13H19NO3S. The summed E-state index contributed by atoms with van der Waals surface area (Å²) in [5.41, 5.74) is -0.0266. The molecule has 1 aliphatic heterocycles. The third-order valence-corrected chi connectivity index (χ3v) is 4.23. The zero-order valence-electron chi connectivity index (χ0n) is 10.6. The lowest BCUT2D eigenvalue weighted by atomic mass is 10.0. The number of ether oxygens (including phenoxy) is 1. The van der Waals surface area contributed by atoms with Crippen LogP contribution < -0.4 is 5.32 Å². The summed E-state index contributed by atoms with van der Waals surface area (Å²) in [4.78, 5) is 12.7. The minimum Gasteiger partial charge on any atom is -0.481 e. The highest BCUT2D eigenvalue weighted by Gasteiger charge is 2.28. The molecule has 5 heteroatoms. The second-order valence-electron chi connectivity index (χ2n) is 4.94. The average molecular weight is 269 g/mol. The molecule has 0 spiro atoms. The first-order valence-electron chi connectivity index (χ1n) is 6.21.